The Balaban J connectivity index is 2.74. The van der Waals surface area contributed by atoms with Gasteiger partial charge in [0.25, 0.3) is 0 Å². The summed E-state index contributed by atoms with van der Waals surface area (Å²) in [4.78, 5) is 4.11. The van der Waals surface area contributed by atoms with E-state index >= 15 is 0 Å². The Bertz CT molecular complexity index is 408. The summed E-state index contributed by atoms with van der Waals surface area (Å²) >= 11 is 1.50. The fourth-order valence-electron chi connectivity index (χ4n) is 1.07. The smallest absolute Gasteiger partial charge is 0.150 e. The lowest BCUT2D eigenvalue weighted by Crippen LogP contribution is -1.78. The third-order valence-corrected chi connectivity index (χ3v) is 2.71. The SMILES string of the molecule is [CH2]Cc1nc2c(F)cccc2s1. The number of fused-ring (bicyclic) bond motifs is 1. The Kier molecular flexibility index (Phi) is 1.81. The summed E-state index contributed by atoms with van der Waals surface area (Å²) in [7, 11) is 0. The molecule has 0 bridgehead atoms. The van der Waals surface area contributed by atoms with Gasteiger partial charge in [0, 0.05) is 0 Å². The van der Waals surface area contributed by atoms with Crippen LogP contribution in [0.4, 0.5) is 4.39 Å². The first-order chi connectivity index (χ1) is 5.81. The molecule has 0 atom stereocenters. The van der Waals surface area contributed by atoms with Crippen molar-refractivity contribution in [2.45, 2.75) is 6.42 Å². The molecule has 0 aliphatic rings. The van der Waals surface area contributed by atoms with Crippen LogP contribution in [0.1, 0.15) is 5.01 Å². The van der Waals surface area contributed by atoms with Crippen molar-refractivity contribution >= 4 is 21.6 Å². The number of benzene rings is 1. The van der Waals surface area contributed by atoms with E-state index in [-0.39, 0.29) is 5.82 Å². The predicted molar refractivity (Wildman–Crippen MR) is 48.6 cm³/mol. The first kappa shape index (κ1) is 7.68. The van der Waals surface area contributed by atoms with Crippen LogP contribution >= 0.6 is 11.3 Å². The fraction of sp³-hybridized carbons (Fsp3) is 0.111. The molecule has 0 saturated heterocycles. The molecule has 1 heterocycles. The summed E-state index contributed by atoms with van der Waals surface area (Å²) in [6.07, 6.45) is 0.624. The van der Waals surface area contributed by atoms with E-state index in [9.17, 15) is 4.39 Å². The molecule has 61 valence electrons. The Labute approximate surface area is 73.9 Å². The molecule has 0 N–H and O–H groups in total. The zero-order valence-corrected chi connectivity index (χ0v) is 7.20. The zero-order valence-electron chi connectivity index (χ0n) is 6.38. The van der Waals surface area contributed by atoms with Crippen molar-refractivity contribution in [1.29, 1.82) is 0 Å². The van der Waals surface area contributed by atoms with E-state index in [1.54, 1.807) is 6.07 Å². The van der Waals surface area contributed by atoms with Gasteiger partial charge in [-0.3, -0.25) is 0 Å². The second-order valence-electron chi connectivity index (χ2n) is 2.44. The van der Waals surface area contributed by atoms with E-state index in [0.29, 0.717) is 11.9 Å². The third-order valence-electron chi connectivity index (χ3n) is 1.63. The molecule has 1 aromatic carbocycles. The van der Waals surface area contributed by atoms with Crippen LogP contribution in [0.25, 0.3) is 10.2 Å². The van der Waals surface area contributed by atoms with Crippen molar-refractivity contribution in [3.63, 3.8) is 0 Å². The van der Waals surface area contributed by atoms with E-state index in [4.69, 9.17) is 0 Å². The van der Waals surface area contributed by atoms with Gasteiger partial charge in [-0.1, -0.05) is 6.07 Å². The lowest BCUT2D eigenvalue weighted by atomic mass is 10.3. The summed E-state index contributed by atoms with van der Waals surface area (Å²) in [5.41, 5.74) is 0.473. The van der Waals surface area contributed by atoms with Crippen molar-refractivity contribution in [2.24, 2.45) is 0 Å². The van der Waals surface area contributed by atoms with Crippen molar-refractivity contribution in [1.82, 2.24) is 4.98 Å². The standard InChI is InChI=1S/C9H7FNS/c1-2-8-11-9-6(10)4-3-5-7(9)12-8/h3-5H,1-2H2. The van der Waals surface area contributed by atoms with E-state index < -0.39 is 0 Å². The number of rotatable bonds is 1. The topological polar surface area (TPSA) is 12.9 Å². The maximum absolute atomic E-state index is 13.1. The van der Waals surface area contributed by atoms with E-state index in [1.807, 2.05) is 6.07 Å². The minimum absolute atomic E-state index is 0.247. The second-order valence-corrected chi connectivity index (χ2v) is 3.56. The number of aromatic nitrogens is 1. The Morgan fingerprint density at radius 2 is 2.33 bits per heavy atom. The summed E-state index contributed by atoms with van der Waals surface area (Å²) in [5, 5.41) is 0.884. The number of thiazole rings is 1. The molecule has 0 saturated carbocycles. The van der Waals surface area contributed by atoms with Crippen LogP contribution in [0.3, 0.4) is 0 Å². The van der Waals surface area contributed by atoms with Crippen LogP contribution in [-0.2, 0) is 6.42 Å². The molecule has 0 amide bonds. The fourth-order valence-corrected chi connectivity index (χ4v) is 1.95. The van der Waals surface area contributed by atoms with Gasteiger partial charge >= 0.3 is 0 Å². The van der Waals surface area contributed by atoms with Gasteiger partial charge in [-0.15, -0.1) is 11.3 Å². The Morgan fingerprint density at radius 3 is 3.00 bits per heavy atom. The number of hydrogen-bond acceptors (Lipinski definition) is 2. The van der Waals surface area contributed by atoms with Crippen LogP contribution < -0.4 is 0 Å². The highest BCUT2D eigenvalue weighted by Gasteiger charge is 2.05. The van der Waals surface area contributed by atoms with Gasteiger partial charge in [0.1, 0.15) is 11.3 Å². The molecule has 1 radical (unpaired) electrons. The molecule has 0 spiro atoms. The van der Waals surface area contributed by atoms with Gasteiger partial charge in [-0.05, 0) is 25.5 Å². The molecular formula is C9H7FNS. The summed E-state index contributed by atoms with van der Waals surface area (Å²) in [6, 6.07) is 4.99. The molecule has 12 heavy (non-hydrogen) atoms. The van der Waals surface area contributed by atoms with Gasteiger partial charge in [0.15, 0.2) is 0 Å². The van der Waals surface area contributed by atoms with Gasteiger partial charge in [0.05, 0.1) is 9.71 Å². The number of hydrogen-bond donors (Lipinski definition) is 0. The maximum Gasteiger partial charge on any atom is 0.150 e. The molecule has 0 aliphatic carbocycles. The minimum Gasteiger partial charge on any atom is -0.238 e. The Hall–Kier alpha value is -0.960. The van der Waals surface area contributed by atoms with Gasteiger partial charge in [-0.2, -0.15) is 0 Å². The van der Waals surface area contributed by atoms with Crippen LogP contribution in [0.2, 0.25) is 0 Å². The highest BCUT2D eigenvalue weighted by molar-refractivity contribution is 7.18. The van der Waals surface area contributed by atoms with Crippen LogP contribution in [0.5, 0.6) is 0 Å². The van der Waals surface area contributed by atoms with Crippen molar-refractivity contribution in [3.8, 4) is 0 Å². The summed E-state index contributed by atoms with van der Waals surface area (Å²) in [6.45, 7) is 3.71. The largest absolute Gasteiger partial charge is 0.238 e. The van der Waals surface area contributed by atoms with E-state index in [0.717, 1.165) is 9.71 Å². The summed E-state index contributed by atoms with van der Waals surface area (Å²) in [5.74, 6) is -0.247. The number of nitrogens with zero attached hydrogens (tertiary/aromatic N) is 1. The monoisotopic (exact) mass is 180 g/mol. The number of para-hydroxylation sites is 1. The van der Waals surface area contributed by atoms with Gasteiger partial charge < -0.3 is 0 Å². The van der Waals surface area contributed by atoms with Gasteiger partial charge in [0.2, 0.25) is 0 Å². The highest BCUT2D eigenvalue weighted by Crippen LogP contribution is 2.23. The van der Waals surface area contributed by atoms with Gasteiger partial charge in [-0.25, -0.2) is 9.37 Å². The zero-order chi connectivity index (χ0) is 8.55. The third kappa shape index (κ3) is 1.10. The van der Waals surface area contributed by atoms with Crippen molar-refractivity contribution < 1.29 is 4.39 Å². The lowest BCUT2D eigenvalue weighted by molar-refractivity contribution is 0.637. The normalized spacial score (nSPS) is 10.8. The molecule has 3 heteroatoms. The van der Waals surface area contributed by atoms with E-state index in [2.05, 4.69) is 11.9 Å². The molecule has 0 aliphatic heterocycles. The first-order valence-corrected chi connectivity index (χ1v) is 4.46. The summed E-state index contributed by atoms with van der Waals surface area (Å²) < 4.78 is 14.0. The first-order valence-electron chi connectivity index (χ1n) is 3.64. The molecule has 2 aromatic rings. The van der Waals surface area contributed by atoms with Crippen molar-refractivity contribution in [2.75, 3.05) is 0 Å². The quantitative estimate of drug-likeness (QED) is 0.657. The maximum atomic E-state index is 13.1. The van der Waals surface area contributed by atoms with Crippen LogP contribution in [-0.4, -0.2) is 4.98 Å². The number of halogens is 1. The minimum atomic E-state index is -0.247. The predicted octanol–water partition coefficient (Wildman–Crippen LogP) is 2.81. The van der Waals surface area contributed by atoms with Crippen LogP contribution in [0.15, 0.2) is 18.2 Å². The average molecular weight is 180 g/mol. The lowest BCUT2D eigenvalue weighted by Gasteiger charge is -1.86. The molecular weight excluding hydrogens is 173 g/mol. The average Bonchev–Trinajstić information content (AvgIpc) is 2.49. The molecule has 1 aromatic heterocycles. The highest BCUT2D eigenvalue weighted by atomic mass is 32.1. The van der Waals surface area contributed by atoms with E-state index in [1.165, 1.54) is 17.4 Å². The molecule has 1 nitrogen and oxygen atoms in total. The second kappa shape index (κ2) is 2.83. The van der Waals surface area contributed by atoms with Crippen LogP contribution in [0, 0.1) is 12.7 Å². The van der Waals surface area contributed by atoms with Crippen molar-refractivity contribution in [3.05, 3.63) is 35.9 Å². The molecule has 2 rings (SSSR count). The molecule has 0 unspecified atom stereocenters. The molecule has 0 fully saturated rings. The Morgan fingerprint density at radius 1 is 1.50 bits per heavy atom.